The highest BCUT2D eigenvalue weighted by atomic mass is 32.2. The third-order valence-electron chi connectivity index (χ3n) is 8.93. The van der Waals surface area contributed by atoms with E-state index in [9.17, 15) is 27.2 Å². The van der Waals surface area contributed by atoms with Crippen LogP contribution in [-0.2, 0) is 14.6 Å². The summed E-state index contributed by atoms with van der Waals surface area (Å²) in [6, 6.07) is 4.29. The fourth-order valence-electron chi connectivity index (χ4n) is 6.16. The first-order chi connectivity index (χ1) is 22.1. The number of halogens is 4. The Balaban J connectivity index is 1.32. The largest absolute Gasteiger partial charge is 0.809 e. The molecule has 2 bridgehead atoms. The Bertz CT molecular complexity index is 1940. The molecule has 3 aliphatic rings. The fraction of sp³-hybridized carbons (Fsp3) is 0.444. The van der Waals surface area contributed by atoms with Gasteiger partial charge in [0.2, 0.25) is 5.82 Å². The maximum absolute atomic E-state index is 15.5. The second kappa shape index (κ2) is 13.3. The predicted molar refractivity (Wildman–Crippen MR) is 157 cm³/mol. The molecule has 3 saturated heterocycles. The van der Waals surface area contributed by atoms with Gasteiger partial charge in [0.15, 0.2) is 17.4 Å². The predicted octanol–water partition coefficient (Wildman–Crippen LogP) is 2.96. The first-order valence-corrected chi connectivity index (χ1v) is 18.2. The Morgan fingerprint density at radius 3 is 2.28 bits per heavy atom. The van der Waals surface area contributed by atoms with Crippen molar-refractivity contribution in [3.8, 4) is 11.8 Å². The first kappa shape index (κ1) is 35.0. The molecule has 20 heteroatoms. The lowest BCUT2D eigenvalue weighted by Gasteiger charge is -2.55. The molecule has 1 atom stereocenters. The summed E-state index contributed by atoms with van der Waals surface area (Å²) in [6.07, 6.45) is 0.775. The lowest BCUT2D eigenvalue weighted by Crippen LogP contribution is -2.75. The van der Waals surface area contributed by atoms with E-state index in [1.54, 1.807) is 4.72 Å². The average molecular weight is 718 g/mol. The minimum atomic E-state index is -5.85. The molecule has 0 aliphatic carbocycles. The summed E-state index contributed by atoms with van der Waals surface area (Å²) >= 11 is 0.150. The highest BCUT2D eigenvalue weighted by Crippen LogP contribution is 2.45. The van der Waals surface area contributed by atoms with Crippen molar-refractivity contribution in [2.45, 2.75) is 16.4 Å². The van der Waals surface area contributed by atoms with E-state index in [0.717, 1.165) is 68.8 Å². The molecule has 3 aromatic rings. The molecular weight excluding hydrogens is 689 g/mol. The Morgan fingerprint density at radius 1 is 1.06 bits per heavy atom. The molecule has 13 nitrogen and oxygen atoms in total. The molecular formula is C27H28F4N7O6PS2. The zero-order valence-corrected chi connectivity index (χ0v) is 27.1. The van der Waals surface area contributed by atoms with Crippen molar-refractivity contribution >= 4 is 39.0 Å². The number of ether oxygens (including phenoxy) is 1. The van der Waals surface area contributed by atoms with Crippen LogP contribution in [0, 0.1) is 34.6 Å². The van der Waals surface area contributed by atoms with E-state index in [-0.39, 0.29) is 17.9 Å². The molecule has 0 amide bonds. The van der Waals surface area contributed by atoms with Crippen molar-refractivity contribution in [3.63, 3.8) is 0 Å². The molecule has 0 saturated carbocycles. The van der Waals surface area contributed by atoms with Crippen molar-refractivity contribution in [2.24, 2.45) is 5.11 Å². The van der Waals surface area contributed by atoms with Gasteiger partial charge in [-0.1, -0.05) is 11.2 Å². The molecule has 1 N–H and O–H groups in total. The second-order valence-electron chi connectivity index (χ2n) is 11.6. The van der Waals surface area contributed by atoms with Crippen molar-refractivity contribution in [1.29, 1.82) is 5.26 Å². The number of nitrogens with zero attached hydrogens (tertiary/aromatic N) is 6. The van der Waals surface area contributed by atoms with Crippen LogP contribution in [0.5, 0.6) is 5.75 Å². The number of piperazine rings is 3. The average Bonchev–Trinajstić information content (AvgIpc) is 3.50. The van der Waals surface area contributed by atoms with Crippen LogP contribution in [0.25, 0.3) is 20.5 Å². The molecule has 3 aliphatic heterocycles. The van der Waals surface area contributed by atoms with Crippen LogP contribution in [0.3, 0.4) is 0 Å². The Morgan fingerprint density at radius 2 is 1.70 bits per heavy atom. The van der Waals surface area contributed by atoms with Crippen LogP contribution in [0.1, 0.15) is 23.3 Å². The van der Waals surface area contributed by atoms with E-state index in [2.05, 4.69) is 10.0 Å². The highest BCUT2D eigenvalue weighted by molar-refractivity contribution is 7.92. The van der Waals surface area contributed by atoms with Crippen LogP contribution in [0.4, 0.5) is 17.6 Å². The van der Waals surface area contributed by atoms with Gasteiger partial charge < -0.3 is 28.1 Å². The lowest BCUT2D eigenvalue weighted by molar-refractivity contribution is -1.08. The molecule has 1 unspecified atom stereocenters. The van der Waals surface area contributed by atoms with E-state index in [0.29, 0.717) is 29.7 Å². The van der Waals surface area contributed by atoms with E-state index < -0.39 is 77.8 Å². The van der Waals surface area contributed by atoms with Crippen molar-refractivity contribution in [2.75, 3.05) is 65.5 Å². The van der Waals surface area contributed by atoms with Gasteiger partial charge in [0, 0.05) is 23.3 Å². The molecule has 3 fully saturated rings. The summed E-state index contributed by atoms with van der Waals surface area (Å²) in [5.41, 5.74) is 7.34. The van der Waals surface area contributed by atoms with E-state index in [1.807, 2.05) is 0 Å². The third-order valence-corrected chi connectivity index (χ3v) is 13.2. The number of azide groups is 1. The SMILES string of the molecule is N#Cc1ccc(C(NS(=O)(=O)c2cc3c(F)c(F)c(OCC[N+]45CC[N+](CCCN=[N+]=[N-])(CC4)CC5)c(F)c3s2)P(=O)([O-])[O-])cc1F. The second-order valence-corrected chi connectivity index (χ2v) is 16.2. The van der Waals surface area contributed by atoms with Gasteiger partial charge in [-0.3, -0.25) is 0 Å². The summed E-state index contributed by atoms with van der Waals surface area (Å²) < 4.78 is 105. The van der Waals surface area contributed by atoms with Gasteiger partial charge >= 0.3 is 0 Å². The van der Waals surface area contributed by atoms with Crippen LogP contribution in [0.2, 0.25) is 0 Å². The van der Waals surface area contributed by atoms with Crippen molar-refractivity contribution in [1.82, 2.24) is 4.72 Å². The van der Waals surface area contributed by atoms with Crippen molar-refractivity contribution < 1.29 is 54.0 Å². The number of hydrogen-bond donors (Lipinski definition) is 1. The lowest BCUT2D eigenvalue weighted by atomic mass is 10.1. The number of thiophene rings is 1. The molecule has 47 heavy (non-hydrogen) atoms. The summed E-state index contributed by atoms with van der Waals surface area (Å²) in [5.74, 6) is -9.41. The molecule has 2 aromatic carbocycles. The molecule has 0 radical (unpaired) electrons. The van der Waals surface area contributed by atoms with Crippen LogP contribution in [-0.4, -0.2) is 82.9 Å². The Labute approximate surface area is 270 Å². The fourth-order valence-corrected chi connectivity index (χ4v) is 10.1. The Kier molecular flexibility index (Phi) is 9.91. The van der Waals surface area contributed by atoms with Gasteiger partial charge in [-0.05, 0) is 36.9 Å². The van der Waals surface area contributed by atoms with Crippen LogP contribution >= 0.6 is 18.9 Å². The van der Waals surface area contributed by atoms with Gasteiger partial charge in [-0.15, -0.1) is 11.3 Å². The zero-order valence-electron chi connectivity index (χ0n) is 24.6. The molecule has 4 heterocycles. The van der Waals surface area contributed by atoms with Gasteiger partial charge in [0.1, 0.15) is 68.5 Å². The summed E-state index contributed by atoms with van der Waals surface area (Å²) in [5, 5.41) is 11.7. The van der Waals surface area contributed by atoms with E-state index >= 15 is 13.2 Å². The van der Waals surface area contributed by atoms with E-state index in [1.165, 1.54) is 6.07 Å². The minimum absolute atomic E-state index is 0.150. The smallest absolute Gasteiger partial charge is 0.250 e. The standard InChI is InChI=1S/C27H28F4N7O6PS2/c28-20-14-17(2-3-18(20)16-32)27(45(39,40)41)35-47(42,43)21-15-19-22(29)23(30)25(24(31)26(19)46-21)44-13-12-38-9-6-37(7-10-38,8-11-38)5-1-4-34-36-33/h2-3,14-15,27,35H,1,4-13H2. The number of nitrogens with one attached hydrogen (secondary N) is 1. The van der Waals surface area contributed by atoms with Crippen LogP contribution in [0.15, 0.2) is 33.6 Å². The number of benzene rings is 2. The number of rotatable bonds is 13. The molecule has 0 spiro atoms. The van der Waals surface area contributed by atoms with Gasteiger partial charge in [0.05, 0.1) is 22.6 Å². The number of fused-ring (bicyclic) bond motifs is 4. The van der Waals surface area contributed by atoms with Gasteiger partial charge in [-0.25, -0.2) is 21.6 Å². The molecule has 1 aromatic heterocycles. The maximum atomic E-state index is 15.5. The number of hydrogen-bond acceptors (Lipinski definition) is 9. The first-order valence-electron chi connectivity index (χ1n) is 14.3. The summed E-state index contributed by atoms with van der Waals surface area (Å²) in [6.45, 7) is 6.63. The quantitative estimate of drug-likeness (QED) is 0.0411. The number of nitriles is 1. The normalized spacial score (nSPS) is 21.7. The van der Waals surface area contributed by atoms with Crippen molar-refractivity contribution in [3.05, 3.63) is 69.1 Å². The molecule has 252 valence electrons. The Hall–Kier alpha value is -3.30. The van der Waals surface area contributed by atoms with Crippen LogP contribution < -0.4 is 19.2 Å². The van der Waals surface area contributed by atoms with E-state index in [4.69, 9.17) is 15.5 Å². The maximum Gasteiger partial charge on any atom is 0.250 e. The molecule has 6 rings (SSSR count). The summed E-state index contributed by atoms with van der Waals surface area (Å²) in [7, 11) is -10.9. The number of quaternary nitrogens is 2. The topological polar surface area (TPSA) is 191 Å². The monoisotopic (exact) mass is 717 g/mol. The third kappa shape index (κ3) is 7.12. The number of sulfonamides is 1. The minimum Gasteiger partial charge on any atom is -0.809 e. The highest BCUT2D eigenvalue weighted by Gasteiger charge is 2.48. The zero-order chi connectivity index (χ0) is 34.2. The summed E-state index contributed by atoms with van der Waals surface area (Å²) in [4.78, 5) is 26.7. The van der Waals surface area contributed by atoms with Gasteiger partial charge in [0.25, 0.3) is 10.0 Å². The van der Waals surface area contributed by atoms with Gasteiger partial charge in [-0.2, -0.15) is 14.4 Å².